The third kappa shape index (κ3) is 3.46. The van der Waals surface area contributed by atoms with Gasteiger partial charge in [-0.05, 0) is 38.0 Å². The summed E-state index contributed by atoms with van der Waals surface area (Å²) in [7, 11) is 0. The maximum Gasteiger partial charge on any atom is 0.305 e. The molecule has 0 saturated carbocycles. The Morgan fingerprint density at radius 3 is 2.65 bits per heavy atom. The second-order valence-corrected chi connectivity index (χ2v) is 4.40. The first-order valence-corrected chi connectivity index (χ1v) is 5.61. The van der Waals surface area contributed by atoms with E-state index in [0.29, 0.717) is 6.61 Å². The Bertz CT molecular complexity index is 413. The largest absolute Gasteiger partial charge is 0.494 e. The zero-order chi connectivity index (χ0) is 13.1. The van der Waals surface area contributed by atoms with Crippen LogP contribution < -0.4 is 10.5 Å². The van der Waals surface area contributed by atoms with Crippen LogP contribution in [0.2, 0.25) is 0 Å². The molecule has 0 bridgehead atoms. The van der Waals surface area contributed by atoms with Crippen LogP contribution in [0.25, 0.3) is 0 Å². The molecule has 4 heteroatoms. The minimum Gasteiger partial charge on any atom is -0.494 e. The van der Waals surface area contributed by atoms with Crippen molar-refractivity contribution in [2.45, 2.75) is 32.7 Å². The first kappa shape index (κ1) is 13.5. The highest BCUT2D eigenvalue weighted by Gasteiger charge is 2.25. The van der Waals surface area contributed by atoms with Crippen molar-refractivity contribution in [2.75, 3.05) is 6.61 Å². The number of hydrogen-bond acceptors (Lipinski definition) is 3. The third-order valence-electron chi connectivity index (χ3n) is 2.65. The topological polar surface area (TPSA) is 72.5 Å². The van der Waals surface area contributed by atoms with Gasteiger partial charge in [0.05, 0.1) is 13.0 Å². The van der Waals surface area contributed by atoms with Gasteiger partial charge in [-0.2, -0.15) is 0 Å². The maximum absolute atomic E-state index is 10.7. The summed E-state index contributed by atoms with van der Waals surface area (Å²) in [6.45, 7) is 6.17. The Balaban J connectivity index is 3.00. The lowest BCUT2D eigenvalue weighted by Crippen LogP contribution is -2.35. The van der Waals surface area contributed by atoms with Crippen LogP contribution in [0.15, 0.2) is 18.2 Å². The number of nitrogens with two attached hydrogens (primary N) is 1. The highest BCUT2D eigenvalue weighted by molar-refractivity contribution is 5.68. The predicted octanol–water partition coefficient (Wildman–Crippen LogP) is 2.04. The first-order valence-electron chi connectivity index (χ1n) is 5.61. The van der Waals surface area contributed by atoms with Crippen molar-refractivity contribution >= 4 is 5.97 Å². The van der Waals surface area contributed by atoms with Gasteiger partial charge >= 0.3 is 5.97 Å². The number of rotatable bonds is 5. The van der Waals surface area contributed by atoms with E-state index in [1.165, 1.54) is 0 Å². The van der Waals surface area contributed by atoms with Gasteiger partial charge in [0.15, 0.2) is 0 Å². The molecule has 1 aromatic carbocycles. The SMILES string of the molecule is CCOc1ccc(C(C)(N)CC(=O)O)cc1C. The molecule has 1 rings (SSSR count). The molecule has 1 aromatic rings. The van der Waals surface area contributed by atoms with Crippen LogP contribution in [0.1, 0.15) is 31.4 Å². The molecule has 3 N–H and O–H groups in total. The number of hydrogen-bond donors (Lipinski definition) is 2. The normalized spacial score (nSPS) is 14.1. The molecule has 0 fully saturated rings. The average Bonchev–Trinajstić information content (AvgIpc) is 2.19. The highest BCUT2D eigenvalue weighted by Crippen LogP contribution is 2.27. The van der Waals surface area contributed by atoms with Gasteiger partial charge in [0.2, 0.25) is 0 Å². The van der Waals surface area contributed by atoms with Crippen LogP contribution in [-0.4, -0.2) is 17.7 Å². The lowest BCUT2D eigenvalue weighted by Gasteiger charge is -2.24. The summed E-state index contributed by atoms with van der Waals surface area (Å²) in [5, 5.41) is 8.81. The average molecular weight is 237 g/mol. The molecule has 1 unspecified atom stereocenters. The predicted molar refractivity (Wildman–Crippen MR) is 66.1 cm³/mol. The van der Waals surface area contributed by atoms with Crippen molar-refractivity contribution in [1.29, 1.82) is 0 Å². The molecule has 17 heavy (non-hydrogen) atoms. The fourth-order valence-electron chi connectivity index (χ4n) is 1.74. The van der Waals surface area contributed by atoms with Gasteiger partial charge in [0, 0.05) is 5.54 Å². The minimum absolute atomic E-state index is 0.0968. The number of benzene rings is 1. The summed E-state index contributed by atoms with van der Waals surface area (Å²) in [6, 6.07) is 5.54. The van der Waals surface area contributed by atoms with Gasteiger partial charge in [0.1, 0.15) is 5.75 Å². The quantitative estimate of drug-likeness (QED) is 0.822. The molecule has 0 heterocycles. The molecular formula is C13H19NO3. The van der Waals surface area contributed by atoms with Crippen molar-refractivity contribution in [1.82, 2.24) is 0 Å². The molecule has 0 aliphatic carbocycles. The Hall–Kier alpha value is -1.55. The molecule has 0 saturated heterocycles. The standard InChI is InChI=1S/C13H19NO3/c1-4-17-11-6-5-10(7-9(11)2)13(3,14)8-12(15)16/h5-7H,4,8,14H2,1-3H3,(H,15,16). The summed E-state index contributed by atoms with van der Waals surface area (Å²) in [5.41, 5.74) is 6.92. The summed E-state index contributed by atoms with van der Waals surface area (Å²) in [4.78, 5) is 10.7. The van der Waals surface area contributed by atoms with E-state index in [2.05, 4.69) is 0 Å². The van der Waals surface area contributed by atoms with Crippen LogP contribution in [0, 0.1) is 6.92 Å². The zero-order valence-corrected chi connectivity index (χ0v) is 10.5. The Labute approximate surface area is 101 Å². The first-order chi connectivity index (χ1) is 7.86. The molecule has 4 nitrogen and oxygen atoms in total. The molecule has 1 atom stereocenters. The highest BCUT2D eigenvalue weighted by atomic mass is 16.5. The smallest absolute Gasteiger partial charge is 0.305 e. The number of carboxylic acid groups (broad SMARTS) is 1. The summed E-state index contributed by atoms with van der Waals surface area (Å²) >= 11 is 0. The van der Waals surface area contributed by atoms with E-state index in [4.69, 9.17) is 15.6 Å². The van der Waals surface area contributed by atoms with Crippen LogP contribution in [0.4, 0.5) is 0 Å². The molecule has 94 valence electrons. The van der Waals surface area contributed by atoms with E-state index in [1.54, 1.807) is 6.92 Å². The fraction of sp³-hybridized carbons (Fsp3) is 0.462. The summed E-state index contributed by atoms with van der Waals surface area (Å²) in [5.74, 6) is -0.0936. The van der Waals surface area contributed by atoms with Crippen molar-refractivity contribution in [2.24, 2.45) is 5.73 Å². The van der Waals surface area contributed by atoms with Gasteiger partial charge in [-0.15, -0.1) is 0 Å². The van der Waals surface area contributed by atoms with Crippen LogP contribution in [0.3, 0.4) is 0 Å². The van der Waals surface area contributed by atoms with Crippen LogP contribution >= 0.6 is 0 Å². The molecule has 0 aromatic heterocycles. The zero-order valence-electron chi connectivity index (χ0n) is 10.5. The number of aliphatic carboxylic acids is 1. The number of carbonyl (C=O) groups is 1. The number of ether oxygens (including phenoxy) is 1. The molecule has 0 spiro atoms. The second-order valence-electron chi connectivity index (χ2n) is 4.40. The lowest BCUT2D eigenvalue weighted by molar-refractivity contribution is -0.138. The third-order valence-corrected chi connectivity index (χ3v) is 2.65. The van der Waals surface area contributed by atoms with Gasteiger partial charge in [-0.1, -0.05) is 12.1 Å². The van der Waals surface area contributed by atoms with Crippen LogP contribution in [0.5, 0.6) is 5.75 Å². The summed E-state index contributed by atoms with van der Waals surface area (Å²) < 4.78 is 5.43. The molecule has 0 radical (unpaired) electrons. The molecular weight excluding hydrogens is 218 g/mol. The Morgan fingerprint density at radius 2 is 2.18 bits per heavy atom. The van der Waals surface area contributed by atoms with Crippen molar-refractivity contribution in [3.63, 3.8) is 0 Å². The van der Waals surface area contributed by atoms with Gasteiger partial charge in [-0.25, -0.2) is 0 Å². The monoisotopic (exact) mass is 237 g/mol. The van der Waals surface area contributed by atoms with E-state index in [1.807, 2.05) is 32.0 Å². The summed E-state index contributed by atoms with van der Waals surface area (Å²) in [6.07, 6.45) is -0.0968. The Kier molecular flexibility index (Phi) is 4.12. The van der Waals surface area contributed by atoms with Crippen LogP contribution in [-0.2, 0) is 10.3 Å². The van der Waals surface area contributed by atoms with E-state index in [0.717, 1.165) is 16.9 Å². The van der Waals surface area contributed by atoms with Gasteiger partial charge < -0.3 is 15.6 Å². The van der Waals surface area contributed by atoms with E-state index in [9.17, 15) is 4.79 Å². The molecule has 0 amide bonds. The van der Waals surface area contributed by atoms with E-state index >= 15 is 0 Å². The Morgan fingerprint density at radius 1 is 1.53 bits per heavy atom. The molecule has 0 aliphatic rings. The maximum atomic E-state index is 10.7. The molecule has 0 aliphatic heterocycles. The van der Waals surface area contributed by atoms with E-state index < -0.39 is 11.5 Å². The van der Waals surface area contributed by atoms with Gasteiger partial charge in [0.25, 0.3) is 0 Å². The lowest BCUT2D eigenvalue weighted by atomic mass is 9.89. The van der Waals surface area contributed by atoms with Crippen molar-refractivity contribution in [3.8, 4) is 5.75 Å². The van der Waals surface area contributed by atoms with Crippen molar-refractivity contribution in [3.05, 3.63) is 29.3 Å². The number of aryl methyl sites for hydroxylation is 1. The number of carboxylic acids is 1. The minimum atomic E-state index is -0.901. The van der Waals surface area contributed by atoms with Crippen molar-refractivity contribution < 1.29 is 14.6 Å². The van der Waals surface area contributed by atoms with Gasteiger partial charge in [-0.3, -0.25) is 4.79 Å². The van der Waals surface area contributed by atoms with E-state index in [-0.39, 0.29) is 6.42 Å². The fourth-order valence-corrected chi connectivity index (χ4v) is 1.74. The second kappa shape index (κ2) is 5.19.